The van der Waals surface area contributed by atoms with Crippen LogP contribution in [-0.2, 0) is 9.47 Å². The van der Waals surface area contributed by atoms with E-state index in [9.17, 15) is 9.18 Å². The van der Waals surface area contributed by atoms with Crippen molar-refractivity contribution in [2.75, 3.05) is 19.0 Å². The summed E-state index contributed by atoms with van der Waals surface area (Å²) in [6, 6.07) is 13.8. The molecule has 3 heterocycles. The van der Waals surface area contributed by atoms with Crippen LogP contribution >= 0.6 is 11.8 Å². The van der Waals surface area contributed by atoms with Gasteiger partial charge in [0, 0.05) is 23.1 Å². The van der Waals surface area contributed by atoms with Crippen molar-refractivity contribution in [3.8, 4) is 5.69 Å². The average Bonchev–Trinajstić information content (AvgIpc) is 3.37. The highest BCUT2D eigenvalue weighted by atomic mass is 32.2. The smallest absolute Gasteiger partial charge is 0.283 e. The lowest BCUT2D eigenvalue weighted by Gasteiger charge is -2.13. The number of fused-ring (bicyclic) bond motifs is 3. The first-order chi connectivity index (χ1) is 14.2. The van der Waals surface area contributed by atoms with E-state index < -0.39 is 5.82 Å². The van der Waals surface area contributed by atoms with Crippen molar-refractivity contribution in [1.29, 1.82) is 0 Å². The zero-order chi connectivity index (χ0) is 19.8. The van der Waals surface area contributed by atoms with Crippen molar-refractivity contribution in [2.45, 2.75) is 17.9 Å². The van der Waals surface area contributed by atoms with Gasteiger partial charge < -0.3 is 14.5 Å². The minimum absolute atomic E-state index is 0.182. The Balaban J connectivity index is 1.65. The minimum Gasteiger partial charge on any atom is -0.350 e. The first-order valence-electron chi connectivity index (χ1n) is 9.37. The van der Waals surface area contributed by atoms with Gasteiger partial charge in [-0.15, -0.1) is 0 Å². The summed E-state index contributed by atoms with van der Waals surface area (Å²) in [6.07, 6.45) is 0.414. The molecule has 0 bridgehead atoms. The summed E-state index contributed by atoms with van der Waals surface area (Å²) in [5, 5.41) is 1.31. The molecular formula is C21H18FN3O3S. The third-order valence-electron chi connectivity index (χ3n) is 4.86. The normalized spacial score (nSPS) is 14.9. The molecule has 0 amide bonds. The van der Waals surface area contributed by atoms with Crippen LogP contribution in [0, 0.1) is 5.82 Å². The van der Waals surface area contributed by atoms with Crippen molar-refractivity contribution in [3.63, 3.8) is 0 Å². The number of thioether (sulfide) groups is 1. The maximum Gasteiger partial charge on any atom is 0.283 e. The molecule has 1 fully saturated rings. The molecule has 0 atom stereocenters. The van der Waals surface area contributed by atoms with Crippen LogP contribution < -0.4 is 5.56 Å². The maximum atomic E-state index is 14.6. The summed E-state index contributed by atoms with van der Waals surface area (Å²) in [4.78, 5) is 21.2. The zero-order valence-corrected chi connectivity index (χ0v) is 16.2. The third-order valence-corrected chi connectivity index (χ3v) is 5.84. The second-order valence-electron chi connectivity index (χ2n) is 6.69. The van der Waals surface area contributed by atoms with Crippen LogP contribution in [0.15, 0.2) is 58.5 Å². The molecule has 1 N–H and O–H groups in total. The quantitative estimate of drug-likeness (QED) is 0.399. The van der Waals surface area contributed by atoms with Gasteiger partial charge in [0.25, 0.3) is 5.56 Å². The predicted molar refractivity (Wildman–Crippen MR) is 110 cm³/mol. The number of aromatic amines is 1. The molecular weight excluding hydrogens is 393 g/mol. The molecule has 0 radical (unpaired) electrons. The first kappa shape index (κ1) is 18.4. The molecule has 1 saturated heterocycles. The molecule has 148 valence electrons. The van der Waals surface area contributed by atoms with E-state index in [0.717, 1.165) is 10.9 Å². The maximum absolute atomic E-state index is 14.6. The number of nitrogens with zero attached hydrogens (tertiary/aromatic N) is 2. The molecule has 0 spiro atoms. The SMILES string of the molecule is O=c1c2[nH]c3ccccc3c2nc(SCCC2OCCO2)n1-c1ccccc1F. The fourth-order valence-electron chi connectivity index (χ4n) is 3.51. The molecule has 6 nitrogen and oxygen atoms in total. The number of H-pyrrole nitrogens is 1. The van der Waals surface area contributed by atoms with E-state index >= 15 is 0 Å². The Kier molecular flexibility index (Phi) is 4.83. The van der Waals surface area contributed by atoms with E-state index in [0.29, 0.717) is 41.6 Å². The number of hydrogen-bond acceptors (Lipinski definition) is 5. The van der Waals surface area contributed by atoms with Gasteiger partial charge in [-0.2, -0.15) is 0 Å². The van der Waals surface area contributed by atoms with Crippen LogP contribution in [0.5, 0.6) is 0 Å². The van der Waals surface area contributed by atoms with Gasteiger partial charge in [0.15, 0.2) is 11.4 Å². The van der Waals surface area contributed by atoms with Crippen molar-refractivity contribution in [1.82, 2.24) is 14.5 Å². The fraction of sp³-hybridized carbons (Fsp3) is 0.238. The highest BCUT2D eigenvalue weighted by Crippen LogP contribution is 2.27. The first-order valence-corrected chi connectivity index (χ1v) is 10.4. The highest BCUT2D eigenvalue weighted by Gasteiger charge is 2.20. The fourth-order valence-corrected chi connectivity index (χ4v) is 4.46. The third kappa shape index (κ3) is 3.33. The van der Waals surface area contributed by atoms with Crippen molar-refractivity contribution >= 4 is 33.7 Å². The number of nitrogens with one attached hydrogen (secondary N) is 1. The molecule has 8 heteroatoms. The van der Waals surface area contributed by atoms with Gasteiger partial charge in [0.1, 0.15) is 16.9 Å². The summed E-state index contributed by atoms with van der Waals surface area (Å²) in [7, 11) is 0. The minimum atomic E-state index is -0.476. The van der Waals surface area contributed by atoms with E-state index in [-0.39, 0.29) is 17.5 Å². The summed E-state index contributed by atoms with van der Waals surface area (Å²) in [5.41, 5.74) is 1.63. The Morgan fingerprint density at radius 1 is 1.14 bits per heavy atom. The molecule has 1 aliphatic heterocycles. The summed E-state index contributed by atoms with van der Waals surface area (Å²) in [6.45, 7) is 1.18. The van der Waals surface area contributed by atoms with Crippen molar-refractivity contribution in [3.05, 3.63) is 64.7 Å². The number of ether oxygens (including phenoxy) is 2. The number of aromatic nitrogens is 3. The van der Waals surface area contributed by atoms with Gasteiger partial charge >= 0.3 is 0 Å². The Morgan fingerprint density at radius 2 is 1.90 bits per heavy atom. The molecule has 1 aliphatic rings. The number of rotatable bonds is 5. The zero-order valence-electron chi connectivity index (χ0n) is 15.4. The van der Waals surface area contributed by atoms with Gasteiger partial charge in [0.05, 0.1) is 18.9 Å². The number of hydrogen-bond donors (Lipinski definition) is 1. The molecule has 4 aromatic rings. The number of para-hydroxylation sites is 2. The summed E-state index contributed by atoms with van der Waals surface area (Å²) < 4.78 is 26.9. The molecule has 2 aromatic heterocycles. The van der Waals surface area contributed by atoms with Crippen LogP contribution in [-0.4, -0.2) is 39.8 Å². The van der Waals surface area contributed by atoms with Gasteiger partial charge in [-0.25, -0.2) is 9.37 Å². The second-order valence-corrected chi connectivity index (χ2v) is 7.75. The van der Waals surface area contributed by atoms with E-state index in [1.807, 2.05) is 24.3 Å². The molecule has 0 unspecified atom stereocenters. The van der Waals surface area contributed by atoms with Crippen molar-refractivity contribution < 1.29 is 13.9 Å². The van der Waals surface area contributed by atoms with E-state index in [1.54, 1.807) is 18.2 Å². The van der Waals surface area contributed by atoms with Gasteiger partial charge in [0.2, 0.25) is 0 Å². The topological polar surface area (TPSA) is 69.1 Å². The van der Waals surface area contributed by atoms with E-state index in [1.165, 1.54) is 22.4 Å². The van der Waals surface area contributed by atoms with Crippen LogP contribution in [0.3, 0.4) is 0 Å². The summed E-state index contributed by atoms with van der Waals surface area (Å²) in [5.74, 6) is 0.149. The Bertz CT molecular complexity index is 1250. The number of benzene rings is 2. The second kappa shape index (κ2) is 7.62. The Labute approximate surface area is 169 Å². The monoisotopic (exact) mass is 411 g/mol. The lowest BCUT2D eigenvalue weighted by Crippen LogP contribution is -2.23. The lowest BCUT2D eigenvalue weighted by atomic mass is 10.2. The largest absolute Gasteiger partial charge is 0.350 e. The van der Waals surface area contributed by atoms with Crippen LogP contribution in [0.1, 0.15) is 6.42 Å². The van der Waals surface area contributed by atoms with Crippen molar-refractivity contribution in [2.24, 2.45) is 0 Å². The Hall–Kier alpha value is -2.68. The van der Waals surface area contributed by atoms with Gasteiger partial charge in [-0.05, 0) is 18.2 Å². The van der Waals surface area contributed by atoms with Crippen LogP contribution in [0.2, 0.25) is 0 Å². The molecule has 5 rings (SSSR count). The highest BCUT2D eigenvalue weighted by molar-refractivity contribution is 7.99. The van der Waals surface area contributed by atoms with Crippen LogP contribution in [0.4, 0.5) is 4.39 Å². The van der Waals surface area contributed by atoms with Crippen LogP contribution in [0.25, 0.3) is 27.6 Å². The van der Waals surface area contributed by atoms with Gasteiger partial charge in [-0.3, -0.25) is 9.36 Å². The van der Waals surface area contributed by atoms with Gasteiger partial charge in [-0.1, -0.05) is 42.1 Å². The standard InChI is InChI=1S/C21H18FN3O3S/c22-14-6-2-4-8-16(14)25-20(26)19-18(13-5-1-3-7-15(13)23-19)24-21(25)29-12-9-17-27-10-11-28-17/h1-8,17,23H,9-12H2. The van der Waals surface area contributed by atoms with E-state index in [4.69, 9.17) is 14.5 Å². The lowest BCUT2D eigenvalue weighted by molar-refractivity contribution is -0.0421. The molecule has 29 heavy (non-hydrogen) atoms. The average molecular weight is 411 g/mol. The molecule has 2 aromatic carbocycles. The predicted octanol–water partition coefficient (Wildman–Crippen LogP) is 3.86. The van der Waals surface area contributed by atoms with E-state index in [2.05, 4.69) is 4.98 Å². The Morgan fingerprint density at radius 3 is 2.72 bits per heavy atom. The molecule has 0 saturated carbocycles. The molecule has 0 aliphatic carbocycles. The summed E-state index contributed by atoms with van der Waals surface area (Å²) >= 11 is 1.39. The number of halogens is 1.